The summed E-state index contributed by atoms with van der Waals surface area (Å²) in [7, 11) is 0. The van der Waals surface area contributed by atoms with Gasteiger partial charge in [-0.05, 0) is 196 Å². The molecule has 0 N–H and O–H groups in total. The highest BCUT2D eigenvalue weighted by atomic mass is 16.3. The van der Waals surface area contributed by atoms with Crippen molar-refractivity contribution in [3.63, 3.8) is 0 Å². The molecule has 0 bridgehead atoms. The minimum atomic E-state index is -0.00710. The summed E-state index contributed by atoms with van der Waals surface area (Å²) in [5.41, 5.74) is 33.9. The van der Waals surface area contributed by atoms with Gasteiger partial charge < -0.3 is 35.9 Å². The topological polar surface area (TPSA) is 72.3 Å². The Morgan fingerprint density at radius 2 is 0.504 bits per heavy atom. The lowest BCUT2D eigenvalue weighted by Gasteiger charge is -2.22. The van der Waals surface area contributed by atoms with Gasteiger partial charge in [-0.25, -0.2) is 0 Å². The van der Waals surface area contributed by atoms with Gasteiger partial charge in [0.05, 0.1) is 60.3 Å². The monoisotopic (exact) mass is 1600 g/mol. The lowest BCUT2D eigenvalue weighted by Crippen LogP contribution is -2.14. The van der Waals surface area contributed by atoms with Gasteiger partial charge in [0.1, 0.15) is 44.7 Å². The first-order valence-electron chi connectivity index (χ1n) is 42.8. The third-order valence-electron chi connectivity index (χ3n) is 26.5. The lowest BCUT2D eigenvalue weighted by molar-refractivity contribution is 0.660. The van der Waals surface area contributed by atoms with Gasteiger partial charge >= 0.3 is 0 Å². The highest BCUT2D eigenvalue weighted by molar-refractivity contribution is 6.27. The van der Waals surface area contributed by atoms with Gasteiger partial charge in [0.25, 0.3) is 0 Å². The van der Waals surface area contributed by atoms with Crippen molar-refractivity contribution in [1.82, 2.24) is 18.3 Å². The number of aromatic nitrogens is 4. The Labute approximate surface area is 716 Å². The largest absolute Gasteiger partial charge is 0.455 e. The molecular formula is C117H74N4O4. The van der Waals surface area contributed by atoms with Crippen LogP contribution in [0.15, 0.2) is 430 Å². The second-order valence-corrected chi connectivity index (χ2v) is 33.6. The number of nitrogens with zero attached hydrogens (tertiary/aromatic N) is 4. The van der Waals surface area contributed by atoms with Crippen molar-refractivity contribution in [3.05, 3.63) is 424 Å². The highest BCUT2D eigenvalue weighted by Gasteiger charge is 2.36. The minimum Gasteiger partial charge on any atom is -0.455 e. The summed E-state index contributed by atoms with van der Waals surface area (Å²) >= 11 is 0. The second-order valence-electron chi connectivity index (χ2n) is 33.6. The minimum absolute atomic E-state index is 0.00710. The van der Waals surface area contributed by atoms with Gasteiger partial charge in [0, 0.05) is 104 Å². The van der Waals surface area contributed by atoms with Gasteiger partial charge in [0.2, 0.25) is 0 Å². The van der Waals surface area contributed by atoms with E-state index in [0.717, 1.165) is 149 Å². The molecule has 0 saturated heterocycles. The van der Waals surface area contributed by atoms with E-state index in [2.05, 4.69) is 408 Å². The van der Waals surface area contributed by atoms with Crippen LogP contribution in [0.5, 0.6) is 0 Å². The zero-order chi connectivity index (χ0) is 82.3. The first kappa shape index (κ1) is 70.4. The van der Waals surface area contributed by atoms with E-state index in [-0.39, 0.29) is 5.41 Å². The molecule has 586 valence electrons. The summed E-state index contributed by atoms with van der Waals surface area (Å²) in [6.07, 6.45) is 0. The first-order valence-corrected chi connectivity index (χ1v) is 42.8. The molecule has 8 aromatic heterocycles. The molecule has 8 heterocycles. The molecule has 0 spiro atoms. The molecule has 28 rings (SSSR count). The van der Waals surface area contributed by atoms with Crippen molar-refractivity contribution in [2.24, 2.45) is 0 Å². The molecular weight excluding hydrogens is 1530 g/mol. The highest BCUT2D eigenvalue weighted by Crippen LogP contribution is 2.51. The molecule has 1 aliphatic rings. The Morgan fingerprint density at radius 1 is 0.176 bits per heavy atom. The molecule has 125 heavy (non-hydrogen) atoms. The maximum atomic E-state index is 6.48. The zero-order valence-corrected chi connectivity index (χ0v) is 68.2. The van der Waals surface area contributed by atoms with Gasteiger partial charge in [-0.3, -0.25) is 0 Å². The number of rotatable bonds is 7. The molecule has 0 saturated carbocycles. The van der Waals surface area contributed by atoms with Gasteiger partial charge in [0.15, 0.2) is 0 Å². The molecule has 0 amide bonds. The van der Waals surface area contributed by atoms with Crippen LogP contribution in [0, 0.1) is 0 Å². The smallest absolute Gasteiger partial charge is 0.145 e. The maximum Gasteiger partial charge on any atom is 0.145 e. The van der Waals surface area contributed by atoms with E-state index in [9.17, 15) is 0 Å². The standard InChI is InChI=1S/C42H26N2O.C39H27NO.C36H21NO2/c1-2-10-29(11-3-1)44-36-15-7-4-12-31(36)32-23-20-28(26-39(32)44)27-18-21-30(22-19-27)43-37-16-8-5-14-35(37)41-38(43)25-24-34-33-13-6-9-17-40(33)45-42(34)41;1-39(2)32-12-6-3-9-27(32)28-20-17-25(23-33(28)39)24-15-18-26(19-16-24)40-34-13-7-4-11-31(34)37-35(40)22-21-30-29-10-5-8-14-36(29)41-38(30)37;1-4-16-30-29(13-1)34-31(20-19-28-26-12-3-6-18-33(26)39-36(28)34)37(30)23-10-7-9-22(21-23)24-14-8-15-27-25-11-2-5-17-32(25)38-35(24)27/h1-26H;3-23H,1-2H3;1-21H. The average molecular weight is 1600 g/mol. The van der Waals surface area contributed by atoms with E-state index in [1.54, 1.807) is 0 Å². The molecule has 27 aromatic rings. The Kier molecular flexibility index (Phi) is 15.4. The van der Waals surface area contributed by atoms with E-state index in [1.807, 2.05) is 36.4 Å². The SMILES string of the molecule is CC1(C)c2ccccc2-c2ccc(-c3ccc(-n4c5ccccc5c5c6oc7ccccc7c6ccc54)cc3)cc21.c1cc(-c2cccc3c2oc2ccccc23)cc(-n2c3ccccc3c3c4oc5ccccc5c4ccc32)c1.c1ccc(-n2c3ccccc3c3ccc(-c4ccc(-n5c6ccccc6c6c7oc8ccccc8c7ccc65)cc4)cc32)cc1. The molecule has 0 unspecified atom stereocenters. The summed E-state index contributed by atoms with van der Waals surface area (Å²) < 4.78 is 35.2. The van der Waals surface area contributed by atoms with E-state index in [1.165, 1.54) is 105 Å². The van der Waals surface area contributed by atoms with Crippen LogP contribution in [-0.4, -0.2) is 18.3 Å². The Balaban J connectivity index is 0.000000100. The quantitative estimate of drug-likeness (QED) is 0.159. The summed E-state index contributed by atoms with van der Waals surface area (Å²) in [6.45, 7) is 4.68. The van der Waals surface area contributed by atoms with Crippen LogP contribution in [0.4, 0.5) is 0 Å². The third-order valence-corrected chi connectivity index (χ3v) is 26.5. The third kappa shape index (κ3) is 10.6. The van der Waals surface area contributed by atoms with Crippen LogP contribution < -0.4 is 0 Å². The van der Waals surface area contributed by atoms with Crippen LogP contribution in [0.1, 0.15) is 25.0 Å². The van der Waals surface area contributed by atoms with E-state index >= 15 is 0 Å². The van der Waals surface area contributed by atoms with Crippen molar-refractivity contribution in [2.45, 2.75) is 19.3 Å². The maximum absolute atomic E-state index is 6.48. The molecule has 0 fully saturated rings. The number of furan rings is 4. The number of benzene rings is 19. The first-order chi connectivity index (χ1) is 61.8. The molecule has 8 heteroatoms. The van der Waals surface area contributed by atoms with Gasteiger partial charge in [-0.2, -0.15) is 0 Å². The molecule has 19 aromatic carbocycles. The van der Waals surface area contributed by atoms with Crippen LogP contribution in [0.3, 0.4) is 0 Å². The van der Waals surface area contributed by atoms with Crippen LogP contribution in [-0.2, 0) is 5.41 Å². The van der Waals surface area contributed by atoms with E-state index in [0.29, 0.717) is 0 Å². The molecule has 0 radical (unpaired) electrons. The number of hydrogen-bond donors (Lipinski definition) is 0. The van der Waals surface area contributed by atoms with Crippen LogP contribution in [0.2, 0.25) is 0 Å². The second kappa shape index (κ2) is 27.3. The Bertz CT molecular complexity index is 9150. The average Bonchev–Trinajstić information content (AvgIpc) is 1.57. The predicted molar refractivity (Wildman–Crippen MR) is 520 cm³/mol. The fourth-order valence-electron chi connectivity index (χ4n) is 20.8. The van der Waals surface area contributed by atoms with Crippen molar-refractivity contribution in [3.8, 4) is 67.3 Å². The Hall–Kier alpha value is -16.4. The van der Waals surface area contributed by atoms with Crippen LogP contribution >= 0.6 is 0 Å². The van der Waals surface area contributed by atoms with Gasteiger partial charge in [-0.1, -0.05) is 281 Å². The van der Waals surface area contributed by atoms with Crippen molar-refractivity contribution in [2.75, 3.05) is 0 Å². The molecule has 0 atom stereocenters. The van der Waals surface area contributed by atoms with Crippen molar-refractivity contribution < 1.29 is 17.7 Å². The Morgan fingerprint density at radius 3 is 1.02 bits per heavy atom. The van der Waals surface area contributed by atoms with Crippen LogP contribution in [0.25, 0.3) is 242 Å². The fourth-order valence-corrected chi connectivity index (χ4v) is 20.8. The number of fused-ring (bicyclic) bond motifs is 30. The molecule has 8 nitrogen and oxygen atoms in total. The molecule has 0 aliphatic heterocycles. The van der Waals surface area contributed by atoms with Crippen molar-refractivity contribution >= 4 is 175 Å². The summed E-state index contributed by atoms with van der Waals surface area (Å²) in [5.74, 6) is 0. The zero-order valence-electron chi connectivity index (χ0n) is 68.2. The fraction of sp³-hybridized carbons (Fsp3) is 0.0256. The predicted octanol–water partition coefficient (Wildman–Crippen LogP) is 32.4. The number of para-hydroxylation sites is 10. The van der Waals surface area contributed by atoms with E-state index in [4.69, 9.17) is 17.7 Å². The summed E-state index contributed by atoms with van der Waals surface area (Å²) in [6, 6.07) is 147. The van der Waals surface area contributed by atoms with E-state index < -0.39 is 0 Å². The lowest BCUT2D eigenvalue weighted by atomic mass is 9.81. The number of hydrogen-bond acceptors (Lipinski definition) is 4. The van der Waals surface area contributed by atoms with Gasteiger partial charge in [-0.15, -0.1) is 0 Å². The summed E-state index contributed by atoms with van der Waals surface area (Å²) in [5, 5.41) is 18.8. The van der Waals surface area contributed by atoms with Crippen molar-refractivity contribution in [1.29, 1.82) is 0 Å². The molecule has 1 aliphatic carbocycles. The normalized spacial score (nSPS) is 12.6. The summed E-state index contributed by atoms with van der Waals surface area (Å²) in [4.78, 5) is 0.